The molecular formula is C13H18ClFN2. The summed E-state index contributed by atoms with van der Waals surface area (Å²) in [6, 6.07) is 3.12. The summed E-state index contributed by atoms with van der Waals surface area (Å²) >= 11 is 5.74. The number of halogens is 2. The molecule has 1 aliphatic rings. The number of nitrogens with one attached hydrogen (secondary N) is 1. The Labute approximate surface area is 106 Å². The van der Waals surface area contributed by atoms with Crippen LogP contribution in [0.2, 0.25) is 5.02 Å². The topological polar surface area (TPSA) is 38.0 Å². The SMILES string of the molecule is Nc1ccc(Cl)c(F)c1NCC1CCCCC1. The van der Waals surface area contributed by atoms with Crippen molar-refractivity contribution in [1.82, 2.24) is 0 Å². The number of anilines is 2. The van der Waals surface area contributed by atoms with Crippen LogP contribution in [-0.4, -0.2) is 6.54 Å². The van der Waals surface area contributed by atoms with E-state index >= 15 is 0 Å². The zero-order valence-corrected chi connectivity index (χ0v) is 10.6. The first kappa shape index (κ1) is 12.5. The minimum absolute atomic E-state index is 0.116. The summed E-state index contributed by atoms with van der Waals surface area (Å²) in [5.41, 5.74) is 6.51. The van der Waals surface area contributed by atoms with E-state index in [0.29, 0.717) is 17.3 Å². The molecule has 0 spiro atoms. The predicted octanol–water partition coefficient (Wildman–Crippen LogP) is 4.05. The van der Waals surface area contributed by atoms with E-state index < -0.39 is 5.82 Å². The van der Waals surface area contributed by atoms with Gasteiger partial charge >= 0.3 is 0 Å². The number of benzene rings is 1. The summed E-state index contributed by atoms with van der Waals surface area (Å²) in [4.78, 5) is 0. The second kappa shape index (κ2) is 5.58. The van der Waals surface area contributed by atoms with E-state index in [1.165, 1.54) is 38.2 Å². The molecule has 0 radical (unpaired) electrons. The summed E-state index contributed by atoms with van der Waals surface area (Å²) in [6.07, 6.45) is 6.31. The van der Waals surface area contributed by atoms with Crippen molar-refractivity contribution in [3.8, 4) is 0 Å². The van der Waals surface area contributed by atoms with Gasteiger partial charge in [0.15, 0.2) is 5.82 Å². The van der Waals surface area contributed by atoms with Crippen LogP contribution in [0.1, 0.15) is 32.1 Å². The molecule has 0 heterocycles. The number of hydrogen-bond acceptors (Lipinski definition) is 2. The maximum atomic E-state index is 13.7. The first-order chi connectivity index (χ1) is 8.18. The average Bonchev–Trinajstić information content (AvgIpc) is 2.35. The second-order valence-electron chi connectivity index (χ2n) is 4.71. The van der Waals surface area contributed by atoms with Crippen molar-refractivity contribution < 1.29 is 4.39 Å². The molecule has 2 rings (SSSR count). The Morgan fingerprint density at radius 3 is 2.71 bits per heavy atom. The Kier molecular flexibility index (Phi) is 4.11. The van der Waals surface area contributed by atoms with Crippen molar-refractivity contribution >= 4 is 23.0 Å². The Morgan fingerprint density at radius 2 is 2.00 bits per heavy atom. The molecule has 0 unspecified atom stereocenters. The Bertz CT molecular complexity index is 389. The van der Waals surface area contributed by atoms with Gasteiger partial charge in [0.1, 0.15) is 0 Å². The van der Waals surface area contributed by atoms with Gasteiger partial charge < -0.3 is 11.1 Å². The first-order valence-corrected chi connectivity index (χ1v) is 6.53. The van der Waals surface area contributed by atoms with E-state index in [-0.39, 0.29) is 5.02 Å². The molecule has 17 heavy (non-hydrogen) atoms. The van der Waals surface area contributed by atoms with Gasteiger partial charge in [0.2, 0.25) is 0 Å². The lowest BCUT2D eigenvalue weighted by Gasteiger charge is -2.23. The second-order valence-corrected chi connectivity index (χ2v) is 5.12. The standard InChI is InChI=1S/C13H18ClFN2/c14-10-6-7-11(16)13(12(10)15)17-8-9-4-2-1-3-5-9/h6-7,9,17H,1-5,8,16H2. The molecule has 0 saturated heterocycles. The Morgan fingerprint density at radius 1 is 1.29 bits per heavy atom. The lowest BCUT2D eigenvalue weighted by atomic mass is 9.89. The highest BCUT2D eigenvalue weighted by Gasteiger charge is 2.15. The molecular weight excluding hydrogens is 239 g/mol. The van der Waals surface area contributed by atoms with Crippen LogP contribution in [0.4, 0.5) is 15.8 Å². The largest absolute Gasteiger partial charge is 0.397 e. The van der Waals surface area contributed by atoms with Gasteiger partial charge in [-0.1, -0.05) is 30.9 Å². The summed E-state index contributed by atoms with van der Waals surface area (Å²) in [7, 11) is 0. The molecule has 1 saturated carbocycles. The fourth-order valence-electron chi connectivity index (χ4n) is 2.38. The van der Waals surface area contributed by atoms with Crippen molar-refractivity contribution in [2.75, 3.05) is 17.6 Å². The van der Waals surface area contributed by atoms with Crippen molar-refractivity contribution in [2.24, 2.45) is 5.92 Å². The summed E-state index contributed by atoms with van der Waals surface area (Å²) in [5.74, 6) is 0.184. The predicted molar refractivity (Wildman–Crippen MR) is 70.9 cm³/mol. The van der Waals surface area contributed by atoms with Crippen LogP contribution in [0.3, 0.4) is 0 Å². The third-order valence-corrected chi connectivity index (χ3v) is 3.71. The van der Waals surface area contributed by atoms with Crippen LogP contribution in [-0.2, 0) is 0 Å². The van der Waals surface area contributed by atoms with Gasteiger partial charge in [-0.15, -0.1) is 0 Å². The maximum absolute atomic E-state index is 13.7. The van der Waals surface area contributed by atoms with Crippen LogP contribution in [0, 0.1) is 11.7 Å². The van der Waals surface area contributed by atoms with Gasteiger partial charge in [-0.2, -0.15) is 0 Å². The molecule has 0 aromatic heterocycles. The number of rotatable bonds is 3. The Hall–Kier alpha value is -0.960. The molecule has 0 atom stereocenters. The third-order valence-electron chi connectivity index (χ3n) is 3.42. The normalized spacial score (nSPS) is 17.1. The quantitative estimate of drug-likeness (QED) is 0.801. The van der Waals surface area contributed by atoms with Crippen molar-refractivity contribution in [1.29, 1.82) is 0 Å². The smallest absolute Gasteiger partial charge is 0.166 e. The van der Waals surface area contributed by atoms with Crippen LogP contribution in [0.5, 0.6) is 0 Å². The van der Waals surface area contributed by atoms with Gasteiger partial charge in [0.25, 0.3) is 0 Å². The van der Waals surface area contributed by atoms with E-state index in [2.05, 4.69) is 5.32 Å². The fourth-order valence-corrected chi connectivity index (χ4v) is 2.54. The summed E-state index contributed by atoms with van der Waals surface area (Å²) < 4.78 is 13.7. The number of nitrogens with two attached hydrogens (primary N) is 1. The average molecular weight is 257 g/mol. The van der Waals surface area contributed by atoms with Gasteiger partial charge in [0.05, 0.1) is 16.4 Å². The fraction of sp³-hybridized carbons (Fsp3) is 0.538. The maximum Gasteiger partial charge on any atom is 0.166 e. The van der Waals surface area contributed by atoms with E-state index in [9.17, 15) is 4.39 Å². The molecule has 1 aromatic carbocycles. The van der Waals surface area contributed by atoms with Crippen LogP contribution >= 0.6 is 11.6 Å². The lowest BCUT2D eigenvalue weighted by Crippen LogP contribution is -2.18. The molecule has 0 bridgehead atoms. The van der Waals surface area contributed by atoms with E-state index in [1.54, 1.807) is 6.07 Å². The van der Waals surface area contributed by atoms with Crippen LogP contribution in [0.25, 0.3) is 0 Å². The Balaban J connectivity index is 2.00. The minimum Gasteiger partial charge on any atom is -0.397 e. The van der Waals surface area contributed by atoms with E-state index in [4.69, 9.17) is 17.3 Å². The molecule has 4 heteroatoms. The minimum atomic E-state index is -0.442. The zero-order valence-electron chi connectivity index (χ0n) is 9.81. The van der Waals surface area contributed by atoms with Crippen LogP contribution < -0.4 is 11.1 Å². The molecule has 0 amide bonds. The molecule has 2 nitrogen and oxygen atoms in total. The highest BCUT2D eigenvalue weighted by Crippen LogP contribution is 2.30. The van der Waals surface area contributed by atoms with E-state index in [0.717, 1.165) is 6.54 Å². The third kappa shape index (κ3) is 3.03. The van der Waals surface area contributed by atoms with Crippen molar-refractivity contribution in [3.63, 3.8) is 0 Å². The van der Waals surface area contributed by atoms with Gasteiger partial charge in [0, 0.05) is 6.54 Å². The molecule has 1 aliphatic carbocycles. The first-order valence-electron chi connectivity index (χ1n) is 6.16. The molecule has 1 aromatic rings. The van der Waals surface area contributed by atoms with Gasteiger partial charge in [-0.25, -0.2) is 4.39 Å². The van der Waals surface area contributed by atoms with Gasteiger partial charge in [-0.05, 0) is 30.9 Å². The van der Waals surface area contributed by atoms with E-state index in [1.807, 2.05) is 0 Å². The number of hydrogen-bond donors (Lipinski definition) is 2. The summed E-state index contributed by atoms with van der Waals surface area (Å²) in [6.45, 7) is 0.779. The molecule has 3 N–H and O–H groups in total. The molecule has 1 fully saturated rings. The van der Waals surface area contributed by atoms with Gasteiger partial charge in [-0.3, -0.25) is 0 Å². The molecule has 94 valence electrons. The lowest BCUT2D eigenvalue weighted by molar-refractivity contribution is 0.373. The highest BCUT2D eigenvalue weighted by atomic mass is 35.5. The monoisotopic (exact) mass is 256 g/mol. The van der Waals surface area contributed by atoms with Crippen molar-refractivity contribution in [3.05, 3.63) is 23.0 Å². The molecule has 0 aliphatic heterocycles. The summed E-state index contributed by atoms with van der Waals surface area (Å²) in [5, 5.41) is 3.22. The number of nitrogen functional groups attached to an aromatic ring is 1. The zero-order chi connectivity index (χ0) is 12.3. The van der Waals surface area contributed by atoms with Crippen LogP contribution in [0.15, 0.2) is 12.1 Å². The van der Waals surface area contributed by atoms with Crippen molar-refractivity contribution in [2.45, 2.75) is 32.1 Å². The highest BCUT2D eigenvalue weighted by molar-refractivity contribution is 6.31.